The number of rotatable bonds is 16. The largest absolute Gasteiger partial charge is 0.497 e. The van der Waals surface area contributed by atoms with Crippen molar-refractivity contribution in [2.45, 2.75) is 36.9 Å². The van der Waals surface area contributed by atoms with Gasteiger partial charge in [0, 0.05) is 18.2 Å². The summed E-state index contributed by atoms with van der Waals surface area (Å²) in [6.45, 7) is -0.548. The lowest BCUT2D eigenvalue weighted by Gasteiger charge is -2.37. The van der Waals surface area contributed by atoms with Crippen molar-refractivity contribution < 1.29 is 42.2 Å². The van der Waals surface area contributed by atoms with Crippen LogP contribution in [0.4, 0.5) is 5.82 Å². The highest BCUT2D eigenvalue weighted by Crippen LogP contribution is 2.49. The molecule has 1 aromatic heterocycles. The van der Waals surface area contributed by atoms with Crippen LogP contribution < -0.4 is 20.5 Å². The standard InChI is InChI=1S/C40H39N4O10P/c1-49-32-18-14-30(15-19-32)40(29-12-7-4-8-13-29,31-16-20-33(50-2)21-17-31)51-27-35-34(54-55(47,48)52-25-9-23-41)26-37(53-35)44-24-22-36(43-39(44)46)42-38(45)28-10-5-3-6-11-28/h3-8,10-22,24,34-35,37H,9,25-27H2,1-2H3,(H,47,48)(H,42,43,45,46)/t34-,35+,37+/m0/s1. The molecule has 0 bridgehead atoms. The fourth-order valence-corrected chi connectivity index (χ4v) is 7.25. The number of hydrogen-bond donors (Lipinski definition) is 2. The Balaban J connectivity index is 1.34. The van der Waals surface area contributed by atoms with Gasteiger partial charge in [-0.3, -0.25) is 18.4 Å². The SMILES string of the molecule is COc1ccc(C(OC[C@H]2O[C@@H](n3ccc(NC(=O)c4ccccc4)nc3=O)C[C@@H]2OP(=O)(O)OCCC#N)(c2ccccc2)c2ccc(OC)cc2)cc1. The Hall–Kier alpha value is -5.65. The number of hydrogen-bond acceptors (Lipinski definition) is 11. The van der Waals surface area contributed by atoms with Crippen LogP contribution in [-0.4, -0.2) is 60.0 Å². The molecule has 0 spiro atoms. The highest BCUT2D eigenvalue weighted by atomic mass is 31.2. The molecule has 14 nitrogen and oxygen atoms in total. The van der Waals surface area contributed by atoms with E-state index in [1.807, 2.05) is 84.9 Å². The Bertz CT molecular complexity index is 2150. The lowest BCUT2D eigenvalue weighted by Crippen LogP contribution is -2.38. The molecule has 0 aliphatic carbocycles. The zero-order valence-electron chi connectivity index (χ0n) is 30.0. The van der Waals surface area contributed by atoms with Crippen molar-refractivity contribution in [3.05, 3.63) is 154 Å². The second-order valence-corrected chi connectivity index (χ2v) is 13.8. The number of methoxy groups -OCH3 is 2. The summed E-state index contributed by atoms with van der Waals surface area (Å²) in [6.07, 6.45) is -2.00. The number of carbonyl (C=O) groups is 1. The molecule has 55 heavy (non-hydrogen) atoms. The number of nitriles is 1. The summed E-state index contributed by atoms with van der Waals surface area (Å²) in [5.41, 5.74) is 0.601. The molecule has 5 aromatic rings. The molecule has 2 N–H and O–H groups in total. The minimum absolute atomic E-state index is 0.0261. The van der Waals surface area contributed by atoms with Gasteiger partial charge >= 0.3 is 13.5 Å². The summed E-state index contributed by atoms with van der Waals surface area (Å²) in [5, 5.41) is 11.5. The predicted octanol–water partition coefficient (Wildman–Crippen LogP) is 6.22. The van der Waals surface area contributed by atoms with E-state index >= 15 is 0 Å². The summed E-state index contributed by atoms with van der Waals surface area (Å²) >= 11 is 0. The third-order valence-corrected chi connectivity index (χ3v) is 10.0. The molecule has 1 fully saturated rings. The van der Waals surface area contributed by atoms with Gasteiger partial charge in [-0.05, 0) is 59.2 Å². The molecule has 1 amide bonds. The van der Waals surface area contributed by atoms with Crippen molar-refractivity contribution >= 4 is 19.5 Å². The van der Waals surface area contributed by atoms with Crippen LogP contribution in [0.1, 0.15) is 46.1 Å². The second-order valence-electron chi connectivity index (χ2n) is 12.4. The maximum atomic E-state index is 13.4. The Morgan fingerprint density at radius 1 is 0.927 bits per heavy atom. The van der Waals surface area contributed by atoms with Crippen LogP contribution in [-0.2, 0) is 28.7 Å². The molecule has 6 rings (SSSR count). The molecule has 4 aromatic carbocycles. The maximum absolute atomic E-state index is 13.4. The van der Waals surface area contributed by atoms with Crippen molar-refractivity contribution in [2.24, 2.45) is 0 Å². The average molecular weight is 767 g/mol. The van der Waals surface area contributed by atoms with E-state index in [9.17, 15) is 19.0 Å². The van der Waals surface area contributed by atoms with Crippen molar-refractivity contribution in [3.63, 3.8) is 0 Å². The molecule has 1 aliphatic heterocycles. The van der Waals surface area contributed by atoms with Gasteiger partial charge in [0.05, 0.1) is 39.9 Å². The van der Waals surface area contributed by atoms with Crippen molar-refractivity contribution in [3.8, 4) is 17.6 Å². The van der Waals surface area contributed by atoms with Gasteiger partial charge in [0.25, 0.3) is 5.91 Å². The number of anilines is 1. The smallest absolute Gasteiger partial charge is 0.472 e. The number of aromatic nitrogens is 2. The maximum Gasteiger partial charge on any atom is 0.472 e. The van der Waals surface area contributed by atoms with Crippen LogP contribution in [0.5, 0.6) is 11.5 Å². The zero-order valence-corrected chi connectivity index (χ0v) is 30.9. The van der Waals surface area contributed by atoms with E-state index in [2.05, 4.69) is 10.3 Å². The van der Waals surface area contributed by atoms with E-state index in [0.717, 1.165) is 16.7 Å². The number of nitrogens with one attached hydrogen (secondary N) is 1. The molecule has 1 saturated heterocycles. The highest BCUT2D eigenvalue weighted by molar-refractivity contribution is 7.47. The minimum atomic E-state index is -4.71. The number of nitrogens with zero attached hydrogens (tertiary/aromatic N) is 3. The number of phosphoric acid groups is 1. The van der Waals surface area contributed by atoms with Crippen LogP contribution in [0.3, 0.4) is 0 Å². The first-order valence-corrected chi connectivity index (χ1v) is 18.8. The fourth-order valence-electron chi connectivity index (χ4n) is 6.30. The molecule has 2 heterocycles. The predicted molar refractivity (Wildman–Crippen MR) is 201 cm³/mol. The van der Waals surface area contributed by atoms with Gasteiger partial charge in [-0.25, -0.2) is 9.36 Å². The lowest BCUT2D eigenvalue weighted by atomic mass is 9.80. The molecular weight excluding hydrogens is 727 g/mol. The Labute approximate surface area is 317 Å². The fraction of sp³-hybridized carbons (Fsp3) is 0.250. The zero-order chi connectivity index (χ0) is 38.8. The van der Waals surface area contributed by atoms with Gasteiger partial charge in [-0.15, -0.1) is 0 Å². The van der Waals surface area contributed by atoms with Crippen LogP contribution in [0.15, 0.2) is 126 Å². The number of amides is 1. The van der Waals surface area contributed by atoms with Crippen LogP contribution in [0.2, 0.25) is 0 Å². The first kappa shape index (κ1) is 39.1. The van der Waals surface area contributed by atoms with Crippen LogP contribution in [0.25, 0.3) is 0 Å². The highest BCUT2D eigenvalue weighted by Gasteiger charge is 2.45. The van der Waals surface area contributed by atoms with Gasteiger partial charge in [0.15, 0.2) is 0 Å². The minimum Gasteiger partial charge on any atom is -0.497 e. The van der Waals surface area contributed by atoms with E-state index in [-0.39, 0.29) is 31.9 Å². The molecule has 0 radical (unpaired) electrons. The normalized spacial score (nSPS) is 17.8. The average Bonchev–Trinajstić information content (AvgIpc) is 3.60. The third-order valence-electron chi connectivity index (χ3n) is 8.97. The van der Waals surface area contributed by atoms with E-state index in [0.29, 0.717) is 17.1 Å². The quantitative estimate of drug-likeness (QED) is 0.0658. The lowest BCUT2D eigenvalue weighted by molar-refractivity contribution is -0.0939. The Morgan fingerprint density at radius 3 is 2.07 bits per heavy atom. The molecular formula is C40H39N4O10P. The molecule has 1 unspecified atom stereocenters. The number of benzene rings is 4. The van der Waals surface area contributed by atoms with Gasteiger partial charge < -0.3 is 29.2 Å². The molecule has 4 atom stereocenters. The Morgan fingerprint density at radius 2 is 1.51 bits per heavy atom. The molecule has 284 valence electrons. The van der Waals surface area contributed by atoms with E-state index in [4.69, 9.17) is 33.3 Å². The first-order chi connectivity index (χ1) is 26.7. The van der Waals surface area contributed by atoms with Gasteiger partial charge in [0.1, 0.15) is 41.4 Å². The number of ether oxygens (including phenoxy) is 4. The Kier molecular flexibility index (Phi) is 12.5. The van der Waals surface area contributed by atoms with Gasteiger partial charge in [0.2, 0.25) is 0 Å². The second kappa shape index (κ2) is 17.7. The van der Waals surface area contributed by atoms with Gasteiger partial charge in [-0.2, -0.15) is 10.2 Å². The van der Waals surface area contributed by atoms with Crippen LogP contribution >= 0.6 is 7.82 Å². The summed E-state index contributed by atoms with van der Waals surface area (Å²) in [7, 11) is -1.56. The number of carbonyl (C=O) groups excluding carboxylic acids is 1. The van der Waals surface area contributed by atoms with Crippen molar-refractivity contribution in [1.29, 1.82) is 5.26 Å². The van der Waals surface area contributed by atoms with Gasteiger partial charge in [-0.1, -0.05) is 72.8 Å². The summed E-state index contributed by atoms with van der Waals surface area (Å²) in [4.78, 5) is 40.8. The third kappa shape index (κ3) is 9.18. The first-order valence-electron chi connectivity index (χ1n) is 17.3. The molecule has 1 aliphatic rings. The van der Waals surface area contributed by atoms with E-state index in [1.165, 1.54) is 16.8 Å². The van der Waals surface area contributed by atoms with Crippen molar-refractivity contribution in [2.75, 3.05) is 32.8 Å². The monoisotopic (exact) mass is 766 g/mol. The van der Waals surface area contributed by atoms with E-state index in [1.54, 1.807) is 44.6 Å². The number of phosphoric ester groups is 1. The molecule has 0 saturated carbocycles. The summed E-state index contributed by atoms with van der Waals surface area (Å²) < 4.78 is 49.3. The summed E-state index contributed by atoms with van der Waals surface area (Å²) in [5.74, 6) is 0.850. The molecule has 15 heteroatoms. The van der Waals surface area contributed by atoms with Crippen molar-refractivity contribution in [1.82, 2.24) is 9.55 Å². The van der Waals surface area contributed by atoms with Crippen LogP contribution in [0, 0.1) is 11.3 Å². The topological polar surface area (TPSA) is 180 Å². The van der Waals surface area contributed by atoms with E-state index < -0.39 is 43.5 Å². The summed E-state index contributed by atoms with van der Waals surface area (Å²) in [6, 6.07) is 36.1.